The highest BCUT2D eigenvalue weighted by Crippen LogP contribution is 2.31. The Morgan fingerprint density at radius 1 is 1.29 bits per heavy atom. The molecule has 0 saturated carbocycles. The molecule has 1 aliphatic heterocycles. The Morgan fingerprint density at radius 2 is 2.05 bits per heavy atom. The molecule has 1 aromatic heterocycles. The maximum atomic E-state index is 12.6. The first-order valence-electron chi connectivity index (χ1n) is 6.87. The SMILES string of the molecule is CNc1cc(N2CC[C@@H](c3ccccc3)C2=O)nc(N)n1. The molecule has 2 aromatic rings. The number of hydrogen-bond acceptors (Lipinski definition) is 5. The van der Waals surface area contributed by atoms with Crippen molar-refractivity contribution in [3.8, 4) is 0 Å². The summed E-state index contributed by atoms with van der Waals surface area (Å²) in [5.41, 5.74) is 6.74. The normalized spacial score (nSPS) is 18.0. The Bertz CT molecular complexity index is 658. The number of benzene rings is 1. The van der Waals surface area contributed by atoms with Crippen LogP contribution < -0.4 is 16.0 Å². The van der Waals surface area contributed by atoms with Crippen LogP contribution in [-0.2, 0) is 4.79 Å². The summed E-state index contributed by atoms with van der Waals surface area (Å²) in [5.74, 6) is 1.26. The number of hydrogen-bond donors (Lipinski definition) is 2. The number of nitrogens with zero attached hydrogens (tertiary/aromatic N) is 3. The third-order valence-electron chi connectivity index (χ3n) is 3.67. The Hall–Kier alpha value is -2.63. The Kier molecular flexibility index (Phi) is 3.43. The summed E-state index contributed by atoms with van der Waals surface area (Å²) in [7, 11) is 1.75. The molecule has 6 heteroatoms. The monoisotopic (exact) mass is 283 g/mol. The summed E-state index contributed by atoms with van der Waals surface area (Å²) < 4.78 is 0. The molecule has 1 atom stereocenters. The maximum Gasteiger partial charge on any atom is 0.235 e. The van der Waals surface area contributed by atoms with Gasteiger partial charge in [0.15, 0.2) is 0 Å². The number of rotatable bonds is 3. The zero-order chi connectivity index (χ0) is 14.8. The summed E-state index contributed by atoms with van der Waals surface area (Å²) in [4.78, 5) is 22.5. The molecule has 1 saturated heterocycles. The van der Waals surface area contributed by atoms with Gasteiger partial charge >= 0.3 is 0 Å². The van der Waals surface area contributed by atoms with Crippen LogP contribution in [0.2, 0.25) is 0 Å². The number of carbonyl (C=O) groups excluding carboxylic acids is 1. The van der Waals surface area contributed by atoms with Crippen molar-refractivity contribution in [2.45, 2.75) is 12.3 Å². The number of nitrogens with one attached hydrogen (secondary N) is 1. The smallest absolute Gasteiger partial charge is 0.235 e. The van der Waals surface area contributed by atoms with Gasteiger partial charge in [-0.15, -0.1) is 0 Å². The molecule has 108 valence electrons. The lowest BCUT2D eigenvalue weighted by molar-refractivity contribution is -0.118. The summed E-state index contributed by atoms with van der Waals surface area (Å²) in [6.45, 7) is 0.637. The summed E-state index contributed by atoms with van der Waals surface area (Å²) in [6, 6.07) is 11.6. The summed E-state index contributed by atoms with van der Waals surface area (Å²) >= 11 is 0. The van der Waals surface area contributed by atoms with Crippen LogP contribution >= 0.6 is 0 Å². The van der Waals surface area contributed by atoms with Crippen LogP contribution in [0.5, 0.6) is 0 Å². The van der Waals surface area contributed by atoms with E-state index in [-0.39, 0.29) is 17.8 Å². The lowest BCUT2D eigenvalue weighted by Crippen LogP contribution is -2.27. The van der Waals surface area contributed by atoms with Gasteiger partial charge in [0.05, 0.1) is 5.92 Å². The summed E-state index contributed by atoms with van der Waals surface area (Å²) in [6.07, 6.45) is 0.779. The van der Waals surface area contributed by atoms with Gasteiger partial charge in [-0.3, -0.25) is 9.69 Å². The molecule has 0 unspecified atom stereocenters. The van der Waals surface area contributed by atoms with Crippen LogP contribution in [0.3, 0.4) is 0 Å². The number of anilines is 3. The minimum absolute atomic E-state index is 0.0568. The molecular weight excluding hydrogens is 266 g/mol. The van der Waals surface area contributed by atoms with Crippen LogP contribution in [0.4, 0.5) is 17.6 Å². The van der Waals surface area contributed by atoms with Gasteiger partial charge in [0.2, 0.25) is 11.9 Å². The standard InChI is InChI=1S/C15H17N5O/c1-17-12-9-13(19-15(16)18-12)20-8-7-11(14(20)21)10-5-3-2-4-6-10/h2-6,9,11H,7-8H2,1H3,(H3,16,17,18,19)/t11-/m0/s1. The summed E-state index contributed by atoms with van der Waals surface area (Å²) in [5, 5.41) is 2.92. The van der Waals surface area contributed by atoms with E-state index in [1.807, 2.05) is 30.3 Å². The van der Waals surface area contributed by atoms with Gasteiger partial charge in [-0.1, -0.05) is 30.3 Å². The van der Waals surface area contributed by atoms with E-state index in [2.05, 4.69) is 15.3 Å². The van der Waals surface area contributed by atoms with E-state index in [0.29, 0.717) is 18.2 Å². The third-order valence-corrected chi connectivity index (χ3v) is 3.67. The predicted molar refractivity (Wildman–Crippen MR) is 82.1 cm³/mol. The minimum Gasteiger partial charge on any atom is -0.373 e. The fourth-order valence-electron chi connectivity index (χ4n) is 2.62. The molecule has 6 nitrogen and oxygen atoms in total. The van der Waals surface area contributed by atoms with Gasteiger partial charge in [0.25, 0.3) is 0 Å². The zero-order valence-electron chi connectivity index (χ0n) is 11.8. The first-order chi connectivity index (χ1) is 10.2. The number of amides is 1. The lowest BCUT2D eigenvalue weighted by atomic mass is 9.98. The molecule has 1 aliphatic rings. The van der Waals surface area contributed by atoms with Gasteiger partial charge < -0.3 is 11.1 Å². The van der Waals surface area contributed by atoms with Crippen molar-refractivity contribution >= 4 is 23.5 Å². The number of carbonyl (C=O) groups is 1. The van der Waals surface area contributed by atoms with Crippen molar-refractivity contribution < 1.29 is 4.79 Å². The molecule has 3 N–H and O–H groups in total. The second-order valence-electron chi connectivity index (χ2n) is 4.96. The molecule has 3 rings (SSSR count). The quantitative estimate of drug-likeness (QED) is 0.894. The van der Waals surface area contributed by atoms with Crippen LogP contribution in [0.15, 0.2) is 36.4 Å². The van der Waals surface area contributed by atoms with E-state index < -0.39 is 0 Å². The first kappa shape index (κ1) is 13.4. The fraction of sp³-hybridized carbons (Fsp3) is 0.267. The molecule has 1 fully saturated rings. The Labute approximate surface area is 123 Å². The van der Waals surface area contributed by atoms with E-state index in [0.717, 1.165) is 12.0 Å². The van der Waals surface area contributed by atoms with Crippen molar-refractivity contribution in [2.75, 3.05) is 29.5 Å². The molecule has 21 heavy (non-hydrogen) atoms. The molecule has 0 spiro atoms. The highest BCUT2D eigenvalue weighted by Gasteiger charge is 2.34. The van der Waals surface area contributed by atoms with Crippen molar-refractivity contribution in [2.24, 2.45) is 0 Å². The van der Waals surface area contributed by atoms with Crippen LogP contribution in [-0.4, -0.2) is 29.5 Å². The predicted octanol–water partition coefficient (Wildman–Crippen LogP) is 1.62. The highest BCUT2D eigenvalue weighted by atomic mass is 16.2. The van der Waals surface area contributed by atoms with Gasteiger partial charge in [0.1, 0.15) is 11.6 Å². The van der Waals surface area contributed by atoms with E-state index in [4.69, 9.17) is 5.73 Å². The van der Waals surface area contributed by atoms with Crippen LogP contribution in [0.25, 0.3) is 0 Å². The van der Waals surface area contributed by atoms with Crippen molar-refractivity contribution in [1.82, 2.24) is 9.97 Å². The fourth-order valence-corrected chi connectivity index (χ4v) is 2.62. The third kappa shape index (κ3) is 2.52. The average molecular weight is 283 g/mol. The Balaban J connectivity index is 1.89. The van der Waals surface area contributed by atoms with E-state index >= 15 is 0 Å². The largest absolute Gasteiger partial charge is 0.373 e. The molecule has 0 radical (unpaired) electrons. The molecule has 0 bridgehead atoms. The minimum atomic E-state index is -0.111. The number of nitrogen functional groups attached to an aromatic ring is 1. The number of aromatic nitrogens is 2. The van der Waals surface area contributed by atoms with Gasteiger partial charge in [0, 0.05) is 19.7 Å². The molecule has 0 aliphatic carbocycles. The van der Waals surface area contributed by atoms with E-state index in [1.54, 1.807) is 18.0 Å². The van der Waals surface area contributed by atoms with Crippen molar-refractivity contribution in [3.63, 3.8) is 0 Å². The van der Waals surface area contributed by atoms with Crippen molar-refractivity contribution in [3.05, 3.63) is 42.0 Å². The highest BCUT2D eigenvalue weighted by molar-refractivity contribution is 5.99. The van der Waals surface area contributed by atoms with Crippen LogP contribution in [0, 0.1) is 0 Å². The first-order valence-corrected chi connectivity index (χ1v) is 6.87. The zero-order valence-corrected chi connectivity index (χ0v) is 11.8. The van der Waals surface area contributed by atoms with Gasteiger partial charge in [-0.2, -0.15) is 9.97 Å². The molecule has 2 heterocycles. The second kappa shape index (κ2) is 5.40. The topological polar surface area (TPSA) is 84.1 Å². The lowest BCUT2D eigenvalue weighted by Gasteiger charge is -2.17. The maximum absolute atomic E-state index is 12.6. The second-order valence-corrected chi connectivity index (χ2v) is 4.96. The van der Waals surface area contributed by atoms with E-state index in [9.17, 15) is 4.79 Å². The average Bonchev–Trinajstić information content (AvgIpc) is 2.89. The van der Waals surface area contributed by atoms with Crippen LogP contribution in [0.1, 0.15) is 17.9 Å². The van der Waals surface area contributed by atoms with E-state index in [1.165, 1.54) is 0 Å². The van der Waals surface area contributed by atoms with Gasteiger partial charge in [-0.25, -0.2) is 0 Å². The van der Waals surface area contributed by atoms with Crippen molar-refractivity contribution in [1.29, 1.82) is 0 Å². The molecule has 1 amide bonds. The van der Waals surface area contributed by atoms with Gasteiger partial charge in [-0.05, 0) is 12.0 Å². The molecule has 1 aromatic carbocycles. The Morgan fingerprint density at radius 3 is 2.76 bits per heavy atom. The number of nitrogens with two attached hydrogens (primary N) is 1. The molecular formula is C15H17N5O.